The summed E-state index contributed by atoms with van der Waals surface area (Å²) < 4.78 is 45.1. The van der Waals surface area contributed by atoms with Crippen LogP contribution >= 0.6 is 0 Å². The topological polar surface area (TPSA) is 55.4 Å². The molecule has 6 heteroatoms. The molecular weight excluding hydrogens is 353 g/mol. The highest BCUT2D eigenvalue weighted by atomic mass is 32.2. The van der Waals surface area contributed by atoms with E-state index in [9.17, 15) is 12.8 Å². The average Bonchev–Trinajstić information content (AvgIpc) is 2.64. The van der Waals surface area contributed by atoms with Crippen molar-refractivity contribution in [1.29, 1.82) is 0 Å². The van der Waals surface area contributed by atoms with Gasteiger partial charge in [0.2, 0.25) is 10.0 Å². The number of benzene rings is 3. The fourth-order valence-electron chi connectivity index (χ4n) is 2.40. The summed E-state index contributed by atoms with van der Waals surface area (Å²) in [5, 5.41) is 2.06. The van der Waals surface area contributed by atoms with Crippen molar-refractivity contribution in [1.82, 2.24) is 4.72 Å². The summed E-state index contributed by atoms with van der Waals surface area (Å²) in [6.45, 7) is 0.0491. The molecule has 0 heterocycles. The summed E-state index contributed by atoms with van der Waals surface area (Å²) in [6, 6.07) is 18.4. The summed E-state index contributed by atoms with van der Waals surface area (Å²) in [6.07, 6.45) is 0. The minimum atomic E-state index is -3.78. The molecule has 4 nitrogen and oxygen atoms in total. The molecule has 0 atom stereocenters. The van der Waals surface area contributed by atoms with Crippen LogP contribution in [0, 0.1) is 17.7 Å². The molecule has 132 valence electrons. The molecule has 1 N–H and O–H groups in total. The van der Waals surface area contributed by atoms with E-state index in [0.717, 1.165) is 22.6 Å². The maximum atomic E-state index is 13.1. The van der Waals surface area contributed by atoms with Crippen molar-refractivity contribution >= 4 is 20.8 Å². The molecule has 3 aromatic rings. The summed E-state index contributed by atoms with van der Waals surface area (Å²) in [4.78, 5) is -0.133. The van der Waals surface area contributed by atoms with Gasteiger partial charge in [0, 0.05) is 5.39 Å². The summed E-state index contributed by atoms with van der Waals surface area (Å²) in [5.41, 5.74) is 0. The SMILES string of the molecule is O=S(=O)(NCC#CCOc1cccc2ccccc12)c1cccc(F)c1. The third-order valence-electron chi connectivity index (χ3n) is 3.63. The zero-order chi connectivity index (χ0) is 18.4. The van der Waals surface area contributed by atoms with Crippen LogP contribution in [0.4, 0.5) is 4.39 Å². The predicted octanol–water partition coefficient (Wildman–Crippen LogP) is 3.34. The first-order valence-corrected chi connectivity index (χ1v) is 9.36. The average molecular weight is 369 g/mol. The lowest BCUT2D eigenvalue weighted by Crippen LogP contribution is -2.24. The van der Waals surface area contributed by atoms with Crippen LogP contribution in [0.25, 0.3) is 10.8 Å². The molecule has 0 aliphatic heterocycles. The second kappa shape index (κ2) is 8.00. The van der Waals surface area contributed by atoms with Crippen molar-refractivity contribution in [3.8, 4) is 17.6 Å². The number of sulfonamides is 1. The van der Waals surface area contributed by atoms with E-state index in [1.165, 1.54) is 18.2 Å². The normalized spacial score (nSPS) is 11.0. The lowest BCUT2D eigenvalue weighted by Gasteiger charge is -2.06. The number of nitrogens with one attached hydrogen (secondary N) is 1. The van der Waals surface area contributed by atoms with Crippen molar-refractivity contribution in [3.63, 3.8) is 0 Å². The molecule has 0 saturated heterocycles. The van der Waals surface area contributed by atoms with Gasteiger partial charge in [-0.1, -0.05) is 54.3 Å². The number of hydrogen-bond acceptors (Lipinski definition) is 3. The van der Waals surface area contributed by atoms with Gasteiger partial charge < -0.3 is 4.74 Å². The van der Waals surface area contributed by atoms with Gasteiger partial charge in [0.25, 0.3) is 0 Å². The first kappa shape index (κ1) is 17.9. The van der Waals surface area contributed by atoms with Gasteiger partial charge in [-0.3, -0.25) is 0 Å². The Kier molecular flexibility index (Phi) is 5.52. The Balaban J connectivity index is 1.56. The molecule has 0 amide bonds. The fourth-order valence-corrected chi connectivity index (χ4v) is 3.35. The Morgan fingerprint density at radius 3 is 2.58 bits per heavy atom. The molecule has 0 aromatic heterocycles. The highest BCUT2D eigenvalue weighted by molar-refractivity contribution is 7.89. The Morgan fingerprint density at radius 2 is 1.73 bits per heavy atom. The van der Waals surface area contributed by atoms with Crippen LogP contribution in [0.3, 0.4) is 0 Å². The molecule has 0 saturated carbocycles. The monoisotopic (exact) mass is 369 g/mol. The van der Waals surface area contributed by atoms with Crippen LogP contribution in [0.5, 0.6) is 5.75 Å². The number of rotatable bonds is 5. The largest absolute Gasteiger partial charge is 0.480 e. The fraction of sp³-hybridized carbons (Fsp3) is 0.100. The highest BCUT2D eigenvalue weighted by Crippen LogP contribution is 2.24. The Hall–Kier alpha value is -2.88. The van der Waals surface area contributed by atoms with Crippen LogP contribution in [0.2, 0.25) is 0 Å². The number of hydrogen-bond donors (Lipinski definition) is 1. The number of ether oxygens (including phenoxy) is 1. The van der Waals surface area contributed by atoms with Gasteiger partial charge in [0.1, 0.15) is 18.2 Å². The molecule has 0 aliphatic carbocycles. The van der Waals surface area contributed by atoms with Crippen molar-refractivity contribution in [2.45, 2.75) is 4.90 Å². The van der Waals surface area contributed by atoms with Gasteiger partial charge in [-0.15, -0.1) is 0 Å². The quantitative estimate of drug-likeness (QED) is 0.702. The zero-order valence-corrected chi connectivity index (χ0v) is 14.6. The third-order valence-corrected chi connectivity index (χ3v) is 5.03. The van der Waals surface area contributed by atoms with Gasteiger partial charge in [-0.05, 0) is 29.7 Å². The van der Waals surface area contributed by atoms with E-state index in [0.29, 0.717) is 0 Å². The van der Waals surface area contributed by atoms with E-state index >= 15 is 0 Å². The Bertz CT molecular complexity index is 1080. The molecule has 26 heavy (non-hydrogen) atoms. The van der Waals surface area contributed by atoms with Gasteiger partial charge >= 0.3 is 0 Å². The van der Waals surface area contributed by atoms with Crippen LogP contribution < -0.4 is 9.46 Å². The van der Waals surface area contributed by atoms with E-state index in [-0.39, 0.29) is 18.0 Å². The van der Waals surface area contributed by atoms with E-state index < -0.39 is 15.8 Å². The number of halogens is 1. The third kappa shape index (κ3) is 4.39. The molecule has 3 aromatic carbocycles. The van der Waals surface area contributed by atoms with E-state index in [1.807, 2.05) is 42.5 Å². The van der Waals surface area contributed by atoms with E-state index in [1.54, 1.807) is 0 Å². The van der Waals surface area contributed by atoms with Gasteiger partial charge in [-0.25, -0.2) is 12.8 Å². The maximum absolute atomic E-state index is 13.1. The summed E-state index contributed by atoms with van der Waals surface area (Å²) >= 11 is 0. The predicted molar refractivity (Wildman–Crippen MR) is 98.8 cm³/mol. The second-order valence-corrected chi connectivity index (χ2v) is 7.17. The van der Waals surface area contributed by atoms with Crippen LogP contribution in [0.1, 0.15) is 0 Å². The molecule has 0 radical (unpaired) electrons. The minimum Gasteiger partial charge on any atom is -0.480 e. The molecular formula is C20H16FNO3S. The maximum Gasteiger partial charge on any atom is 0.241 e. The van der Waals surface area contributed by atoms with Crippen molar-refractivity contribution in [3.05, 3.63) is 72.5 Å². The van der Waals surface area contributed by atoms with Crippen molar-refractivity contribution < 1.29 is 17.5 Å². The lowest BCUT2D eigenvalue weighted by molar-refractivity contribution is 0.374. The first-order valence-electron chi connectivity index (χ1n) is 7.88. The lowest BCUT2D eigenvalue weighted by atomic mass is 10.1. The summed E-state index contributed by atoms with van der Waals surface area (Å²) in [5.74, 6) is 5.56. The Labute approximate surface area is 151 Å². The highest BCUT2D eigenvalue weighted by Gasteiger charge is 2.12. The standard InChI is InChI=1S/C20H16FNO3S/c21-17-9-6-10-18(15-17)26(23,24)22-13-3-4-14-25-20-12-5-8-16-7-1-2-11-19(16)20/h1-2,5-12,15,22H,13-14H2. The summed E-state index contributed by atoms with van der Waals surface area (Å²) in [7, 11) is -3.78. The number of fused-ring (bicyclic) bond motifs is 1. The second-order valence-electron chi connectivity index (χ2n) is 5.40. The smallest absolute Gasteiger partial charge is 0.241 e. The molecule has 3 rings (SSSR count). The van der Waals surface area contributed by atoms with Gasteiger partial charge in [0.15, 0.2) is 0 Å². The molecule has 0 unspecified atom stereocenters. The van der Waals surface area contributed by atoms with Crippen molar-refractivity contribution in [2.24, 2.45) is 0 Å². The van der Waals surface area contributed by atoms with Gasteiger partial charge in [0.05, 0.1) is 11.4 Å². The van der Waals surface area contributed by atoms with Gasteiger partial charge in [-0.2, -0.15) is 4.72 Å². The van der Waals surface area contributed by atoms with Crippen LogP contribution in [-0.2, 0) is 10.0 Å². The molecule has 0 aliphatic rings. The molecule has 0 bridgehead atoms. The van der Waals surface area contributed by atoms with E-state index in [2.05, 4.69) is 16.6 Å². The van der Waals surface area contributed by atoms with E-state index in [4.69, 9.17) is 4.74 Å². The Morgan fingerprint density at radius 1 is 0.962 bits per heavy atom. The molecule has 0 fully saturated rings. The first-order chi connectivity index (χ1) is 12.6. The van der Waals surface area contributed by atoms with Crippen LogP contribution in [-0.4, -0.2) is 21.6 Å². The molecule has 0 spiro atoms. The van der Waals surface area contributed by atoms with Crippen LogP contribution in [0.15, 0.2) is 71.6 Å². The van der Waals surface area contributed by atoms with Crippen molar-refractivity contribution in [2.75, 3.05) is 13.2 Å². The minimum absolute atomic E-state index is 0.0856. The zero-order valence-electron chi connectivity index (χ0n) is 13.8.